The number of likely N-dealkylation sites (tertiary alicyclic amines) is 1. The SMILES string of the molecule is O=C(c1cccc2nccnc12)N1CC[C@H]2CNC[C@H]21. The Kier molecular flexibility index (Phi) is 2.67. The molecule has 1 aromatic heterocycles. The zero-order valence-corrected chi connectivity index (χ0v) is 11.1. The van der Waals surface area contributed by atoms with E-state index in [1.54, 1.807) is 12.4 Å². The van der Waals surface area contributed by atoms with E-state index in [0.29, 0.717) is 23.0 Å². The van der Waals surface area contributed by atoms with Gasteiger partial charge in [0.25, 0.3) is 5.91 Å². The van der Waals surface area contributed by atoms with Crippen LogP contribution in [-0.4, -0.2) is 46.5 Å². The Morgan fingerprint density at radius 3 is 3.10 bits per heavy atom. The first-order valence-electron chi connectivity index (χ1n) is 7.06. The number of nitrogens with one attached hydrogen (secondary N) is 1. The lowest BCUT2D eigenvalue weighted by Crippen LogP contribution is -2.39. The van der Waals surface area contributed by atoms with Crippen molar-refractivity contribution in [1.82, 2.24) is 20.2 Å². The highest BCUT2D eigenvalue weighted by Crippen LogP contribution is 2.29. The second kappa shape index (κ2) is 4.52. The van der Waals surface area contributed by atoms with Gasteiger partial charge in [-0.3, -0.25) is 14.8 Å². The molecule has 2 aliphatic rings. The minimum atomic E-state index is 0.0901. The fourth-order valence-corrected chi connectivity index (χ4v) is 3.42. The minimum Gasteiger partial charge on any atom is -0.334 e. The summed E-state index contributed by atoms with van der Waals surface area (Å²) in [5.41, 5.74) is 2.15. The van der Waals surface area contributed by atoms with Crippen LogP contribution >= 0.6 is 0 Å². The lowest BCUT2D eigenvalue weighted by molar-refractivity contribution is 0.0739. The summed E-state index contributed by atoms with van der Waals surface area (Å²) in [5, 5.41) is 3.38. The number of carbonyl (C=O) groups is 1. The average Bonchev–Trinajstić information content (AvgIpc) is 3.09. The van der Waals surface area contributed by atoms with Crippen molar-refractivity contribution in [3.63, 3.8) is 0 Å². The van der Waals surface area contributed by atoms with Crippen LogP contribution in [0.2, 0.25) is 0 Å². The summed E-state index contributed by atoms with van der Waals surface area (Å²) in [7, 11) is 0. The second-order valence-electron chi connectivity index (χ2n) is 5.50. The molecule has 1 aromatic carbocycles. The van der Waals surface area contributed by atoms with Gasteiger partial charge in [-0.15, -0.1) is 0 Å². The number of hydrogen-bond donors (Lipinski definition) is 1. The third kappa shape index (κ3) is 1.70. The van der Waals surface area contributed by atoms with E-state index in [4.69, 9.17) is 0 Å². The molecule has 4 rings (SSSR count). The van der Waals surface area contributed by atoms with Gasteiger partial charge in [0.05, 0.1) is 11.1 Å². The molecule has 20 heavy (non-hydrogen) atoms. The van der Waals surface area contributed by atoms with E-state index < -0.39 is 0 Å². The van der Waals surface area contributed by atoms with Crippen molar-refractivity contribution in [2.45, 2.75) is 12.5 Å². The second-order valence-corrected chi connectivity index (χ2v) is 5.50. The van der Waals surface area contributed by atoms with Crippen molar-refractivity contribution in [3.05, 3.63) is 36.2 Å². The summed E-state index contributed by atoms with van der Waals surface area (Å²) in [6, 6.07) is 5.97. The van der Waals surface area contributed by atoms with Crippen LogP contribution in [0.4, 0.5) is 0 Å². The molecule has 5 heteroatoms. The first-order chi connectivity index (χ1) is 9.84. The molecule has 2 fully saturated rings. The summed E-state index contributed by atoms with van der Waals surface area (Å²) in [4.78, 5) is 23.4. The van der Waals surface area contributed by atoms with Gasteiger partial charge in [0.1, 0.15) is 5.52 Å². The van der Waals surface area contributed by atoms with Crippen molar-refractivity contribution >= 4 is 16.9 Å². The van der Waals surface area contributed by atoms with Crippen LogP contribution in [0.3, 0.4) is 0 Å². The highest BCUT2D eigenvalue weighted by molar-refractivity contribution is 6.04. The number of carbonyl (C=O) groups excluding carboxylic acids is 1. The predicted molar refractivity (Wildman–Crippen MR) is 75.3 cm³/mol. The monoisotopic (exact) mass is 268 g/mol. The fourth-order valence-electron chi connectivity index (χ4n) is 3.42. The number of rotatable bonds is 1. The molecule has 2 saturated heterocycles. The summed E-state index contributed by atoms with van der Waals surface area (Å²) < 4.78 is 0. The molecule has 0 radical (unpaired) electrons. The van der Waals surface area contributed by atoms with Crippen molar-refractivity contribution in [1.29, 1.82) is 0 Å². The van der Waals surface area contributed by atoms with Gasteiger partial charge < -0.3 is 10.2 Å². The summed E-state index contributed by atoms with van der Waals surface area (Å²) >= 11 is 0. The van der Waals surface area contributed by atoms with Gasteiger partial charge in [-0.2, -0.15) is 0 Å². The van der Waals surface area contributed by atoms with Crippen LogP contribution < -0.4 is 5.32 Å². The van der Waals surface area contributed by atoms with Gasteiger partial charge in [0.2, 0.25) is 0 Å². The van der Waals surface area contributed by atoms with E-state index in [1.165, 1.54) is 0 Å². The van der Waals surface area contributed by atoms with Gasteiger partial charge in [-0.1, -0.05) is 6.07 Å². The van der Waals surface area contributed by atoms with Crippen LogP contribution in [0.1, 0.15) is 16.8 Å². The van der Waals surface area contributed by atoms with E-state index in [9.17, 15) is 4.79 Å². The molecule has 0 spiro atoms. The van der Waals surface area contributed by atoms with Crippen LogP contribution in [0.5, 0.6) is 0 Å². The highest BCUT2D eigenvalue weighted by Gasteiger charge is 2.40. The van der Waals surface area contributed by atoms with E-state index >= 15 is 0 Å². The van der Waals surface area contributed by atoms with E-state index in [-0.39, 0.29) is 5.91 Å². The van der Waals surface area contributed by atoms with Gasteiger partial charge in [-0.05, 0) is 24.5 Å². The maximum absolute atomic E-state index is 12.8. The number of fused-ring (bicyclic) bond motifs is 2. The Labute approximate surface area is 117 Å². The molecule has 2 aliphatic heterocycles. The maximum atomic E-state index is 12.8. The maximum Gasteiger partial charge on any atom is 0.256 e. The van der Waals surface area contributed by atoms with Gasteiger partial charge in [0.15, 0.2) is 0 Å². The Morgan fingerprint density at radius 1 is 1.25 bits per heavy atom. The third-order valence-electron chi connectivity index (χ3n) is 4.44. The summed E-state index contributed by atoms with van der Waals surface area (Å²) in [6.07, 6.45) is 4.40. The number of hydrogen-bond acceptors (Lipinski definition) is 4. The number of benzene rings is 1. The van der Waals surface area contributed by atoms with Crippen molar-refractivity contribution in [3.8, 4) is 0 Å². The molecule has 3 heterocycles. The van der Waals surface area contributed by atoms with Gasteiger partial charge in [-0.25, -0.2) is 0 Å². The van der Waals surface area contributed by atoms with E-state index in [0.717, 1.165) is 31.6 Å². The lowest BCUT2D eigenvalue weighted by Gasteiger charge is -2.23. The molecule has 1 N–H and O–H groups in total. The van der Waals surface area contributed by atoms with Crippen LogP contribution in [0.25, 0.3) is 11.0 Å². The van der Waals surface area contributed by atoms with E-state index in [2.05, 4.69) is 15.3 Å². The lowest BCUT2D eigenvalue weighted by atomic mass is 10.0. The smallest absolute Gasteiger partial charge is 0.256 e. The summed E-state index contributed by atoms with van der Waals surface area (Å²) in [5.74, 6) is 0.701. The van der Waals surface area contributed by atoms with Crippen molar-refractivity contribution in [2.24, 2.45) is 5.92 Å². The molecule has 0 bridgehead atoms. The molecule has 0 saturated carbocycles. The number of amides is 1. The van der Waals surface area contributed by atoms with Crippen molar-refractivity contribution in [2.75, 3.05) is 19.6 Å². The molecule has 2 aromatic rings. The first kappa shape index (κ1) is 11.8. The zero-order chi connectivity index (χ0) is 13.5. The quantitative estimate of drug-likeness (QED) is 0.840. The Balaban J connectivity index is 1.74. The molecule has 0 aliphatic carbocycles. The average molecular weight is 268 g/mol. The van der Waals surface area contributed by atoms with Crippen molar-refractivity contribution < 1.29 is 4.79 Å². The van der Waals surface area contributed by atoms with Gasteiger partial charge >= 0.3 is 0 Å². The topological polar surface area (TPSA) is 58.1 Å². The Morgan fingerprint density at radius 2 is 2.15 bits per heavy atom. The molecule has 2 atom stereocenters. The number of nitrogens with zero attached hydrogens (tertiary/aromatic N) is 3. The molecular formula is C15H16N4O. The molecule has 0 unspecified atom stereocenters. The normalized spacial score (nSPS) is 25.1. The minimum absolute atomic E-state index is 0.0901. The van der Waals surface area contributed by atoms with Crippen LogP contribution in [0, 0.1) is 5.92 Å². The Bertz CT molecular complexity index is 666. The van der Waals surface area contributed by atoms with Gasteiger partial charge in [0, 0.05) is 38.1 Å². The molecule has 5 nitrogen and oxygen atoms in total. The number of para-hydroxylation sites is 1. The van der Waals surface area contributed by atoms with Crippen LogP contribution in [0.15, 0.2) is 30.6 Å². The third-order valence-corrected chi connectivity index (χ3v) is 4.44. The van der Waals surface area contributed by atoms with E-state index in [1.807, 2.05) is 23.1 Å². The number of aromatic nitrogens is 2. The highest BCUT2D eigenvalue weighted by atomic mass is 16.2. The zero-order valence-electron chi connectivity index (χ0n) is 11.1. The Hall–Kier alpha value is -2.01. The molecule has 102 valence electrons. The fraction of sp³-hybridized carbons (Fsp3) is 0.400. The predicted octanol–water partition coefficient (Wildman–Crippen LogP) is 1.06. The van der Waals surface area contributed by atoms with Crippen LogP contribution in [-0.2, 0) is 0 Å². The molecular weight excluding hydrogens is 252 g/mol. The standard InChI is InChI=1S/C15H16N4O/c20-15(19-7-4-10-8-16-9-13(10)19)11-2-1-3-12-14(11)18-6-5-17-12/h1-3,5-6,10,13,16H,4,7-9H2/t10-,13+/m0/s1. The largest absolute Gasteiger partial charge is 0.334 e. The summed E-state index contributed by atoms with van der Waals surface area (Å²) in [6.45, 7) is 2.79. The molecule has 1 amide bonds. The first-order valence-corrected chi connectivity index (χ1v) is 7.06.